The SMILES string of the molecule is CCC(CC(=O)O)NC(=O)CCc1c(C)nc(C)[nH]c1=O. The van der Waals surface area contributed by atoms with E-state index >= 15 is 0 Å². The zero-order valence-electron chi connectivity index (χ0n) is 12.5. The fourth-order valence-corrected chi connectivity index (χ4v) is 2.09. The Morgan fingerprint density at radius 2 is 2.05 bits per heavy atom. The second-order valence-electron chi connectivity index (χ2n) is 4.99. The maximum Gasteiger partial charge on any atom is 0.305 e. The van der Waals surface area contributed by atoms with E-state index in [0.29, 0.717) is 23.5 Å². The fraction of sp³-hybridized carbons (Fsp3) is 0.571. The lowest BCUT2D eigenvalue weighted by Crippen LogP contribution is -2.36. The third-order valence-corrected chi connectivity index (χ3v) is 3.22. The number of carbonyl (C=O) groups is 2. The Morgan fingerprint density at radius 3 is 2.57 bits per heavy atom. The lowest BCUT2D eigenvalue weighted by atomic mass is 10.1. The molecule has 0 radical (unpaired) electrons. The van der Waals surface area contributed by atoms with Crippen LogP contribution in [0.5, 0.6) is 0 Å². The number of hydrogen-bond donors (Lipinski definition) is 3. The Hall–Kier alpha value is -2.18. The second-order valence-corrected chi connectivity index (χ2v) is 4.99. The number of H-pyrrole nitrogens is 1. The summed E-state index contributed by atoms with van der Waals surface area (Å²) in [6.45, 7) is 5.24. The van der Waals surface area contributed by atoms with Crippen molar-refractivity contribution in [3.63, 3.8) is 0 Å². The summed E-state index contributed by atoms with van der Waals surface area (Å²) in [4.78, 5) is 41.0. The molecule has 7 nitrogen and oxygen atoms in total. The fourth-order valence-electron chi connectivity index (χ4n) is 2.09. The van der Waals surface area contributed by atoms with Gasteiger partial charge in [0.25, 0.3) is 5.56 Å². The van der Waals surface area contributed by atoms with Gasteiger partial charge in [-0.3, -0.25) is 14.4 Å². The molecule has 0 aliphatic rings. The molecule has 1 aromatic rings. The Labute approximate surface area is 122 Å². The van der Waals surface area contributed by atoms with E-state index in [1.807, 2.05) is 6.92 Å². The molecule has 0 aliphatic carbocycles. The molecule has 1 amide bonds. The predicted molar refractivity (Wildman–Crippen MR) is 77.1 cm³/mol. The number of hydrogen-bond acceptors (Lipinski definition) is 4. The van der Waals surface area contributed by atoms with Gasteiger partial charge in [0, 0.05) is 23.7 Å². The van der Waals surface area contributed by atoms with Gasteiger partial charge in [-0.2, -0.15) is 0 Å². The van der Waals surface area contributed by atoms with Crippen LogP contribution < -0.4 is 10.9 Å². The third kappa shape index (κ3) is 5.37. The normalized spacial score (nSPS) is 12.0. The zero-order valence-corrected chi connectivity index (χ0v) is 12.5. The van der Waals surface area contributed by atoms with Gasteiger partial charge < -0.3 is 15.4 Å². The van der Waals surface area contributed by atoms with E-state index in [0.717, 1.165) is 0 Å². The van der Waals surface area contributed by atoms with E-state index in [-0.39, 0.29) is 36.8 Å². The first-order valence-electron chi connectivity index (χ1n) is 6.91. The van der Waals surface area contributed by atoms with Gasteiger partial charge >= 0.3 is 5.97 Å². The molecule has 116 valence electrons. The number of aliphatic carboxylic acids is 1. The molecule has 0 aliphatic heterocycles. The van der Waals surface area contributed by atoms with Crippen LogP contribution in [0.1, 0.15) is 43.3 Å². The molecular formula is C14H21N3O4. The molecule has 1 rings (SSSR count). The summed E-state index contributed by atoms with van der Waals surface area (Å²) in [5.74, 6) is -0.669. The van der Waals surface area contributed by atoms with Crippen molar-refractivity contribution in [1.82, 2.24) is 15.3 Å². The molecule has 21 heavy (non-hydrogen) atoms. The maximum absolute atomic E-state index is 11.8. The topological polar surface area (TPSA) is 112 Å². The first kappa shape index (κ1) is 16.9. The molecule has 1 aromatic heterocycles. The number of carboxylic acids is 1. The quantitative estimate of drug-likeness (QED) is 0.685. The summed E-state index contributed by atoms with van der Waals surface area (Å²) >= 11 is 0. The van der Waals surface area contributed by atoms with Crippen LogP contribution in [0.25, 0.3) is 0 Å². The van der Waals surface area contributed by atoms with E-state index in [1.54, 1.807) is 13.8 Å². The summed E-state index contributed by atoms with van der Waals surface area (Å²) in [6, 6.07) is -0.384. The van der Waals surface area contributed by atoms with Crippen molar-refractivity contribution in [2.24, 2.45) is 0 Å². The molecule has 1 unspecified atom stereocenters. The van der Waals surface area contributed by atoms with Gasteiger partial charge in [-0.25, -0.2) is 4.98 Å². The first-order chi connectivity index (χ1) is 9.83. The number of rotatable bonds is 7. The number of carbonyl (C=O) groups excluding carboxylic acids is 1. The average molecular weight is 295 g/mol. The van der Waals surface area contributed by atoms with E-state index in [4.69, 9.17) is 5.11 Å². The lowest BCUT2D eigenvalue weighted by molar-refractivity contribution is -0.137. The van der Waals surface area contributed by atoms with E-state index in [2.05, 4.69) is 15.3 Å². The molecule has 0 fully saturated rings. The van der Waals surface area contributed by atoms with E-state index < -0.39 is 5.97 Å². The van der Waals surface area contributed by atoms with Crippen molar-refractivity contribution < 1.29 is 14.7 Å². The first-order valence-corrected chi connectivity index (χ1v) is 6.91. The second kappa shape index (κ2) is 7.56. The summed E-state index contributed by atoms with van der Waals surface area (Å²) in [5, 5.41) is 11.4. The minimum atomic E-state index is -0.947. The molecule has 3 N–H and O–H groups in total. The van der Waals surface area contributed by atoms with Gasteiger partial charge in [0.05, 0.1) is 6.42 Å². The monoisotopic (exact) mass is 295 g/mol. The average Bonchev–Trinajstić information content (AvgIpc) is 2.35. The Morgan fingerprint density at radius 1 is 1.38 bits per heavy atom. The van der Waals surface area contributed by atoms with Crippen molar-refractivity contribution in [2.75, 3.05) is 0 Å². The van der Waals surface area contributed by atoms with Gasteiger partial charge in [0.15, 0.2) is 0 Å². The molecule has 0 saturated heterocycles. The summed E-state index contributed by atoms with van der Waals surface area (Å²) in [7, 11) is 0. The lowest BCUT2D eigenvalue weighted by Gasteiger charge is -2.14. The van der Waals surface area contributed by atoms with Gasteiger partial charge in [0.2, 0.25) is 5.91 Å². The molecule has 0 bridgehead atoms. The van der Waals surface area contributed by atoms with Gasteiger partial charge in [0.1, 0.15) is 5.82 Å². The van der Waals surface area contributed by atoms with Gasteiger partial charge in [-0.05, 0) is 26.7 Å². The van der Waals surface area contributed by atoms with Crippen molar-refractivity contribution in [3.05, 3.63) is 27.4 Å². The number of carboxylic acid groups (broad SMARTS) is 1. The van der Waals surface area contributed by atoms with Crippen LogP contribution in [0.4, 0.5) is 0 Å². The molecule has 0 spiro atoms. The van der Waals surface area contributed by atoms with E-state index in [9.17, 15) is 14.4 Å². The van der Waals surface area contributed by atoms with Crippen molar-refractivity contribution in [1.29, 1.82) is 0 Å². The summed E-state index contributed by atoms with van der Waals surface area (Å²) < 4.78 is 0. The number of nitrogens with zero attached hydrogens (tertiary/aromatic N) is 1. The number of nitrogens with one attached hydrogen (secondary N) is 2. The van der Waals surface area contributed by atoms with Crippen LogP contribution in [0, 0.1) is 13.8 Å². The highest BCUT2D eigenvalue weighted by Crippen LogP contribution is 2.04. The van der Waals surface area contributed by atoms with Crippen molar-refractivity contribution in [2.45, 2.75) is 52.5 Å². The van der Waals surface area contributed by atoms with Crippen LogP contribution in [-0.4, -0.2) is 33.0 Å². The largest absolute Gasteiger partial charge is 0.481 e. The highest BCUT2D eigenvalue weighted by molar-refractivity contribution is 5.77. The van der Waals surface area contributed by atoms with Crippen LogP contribution in [0.15, 0.2) is 4.79 Å². The smallest absolute Gasteiger partial charge is 0.305 e. The third-order valence-electron chi connectivity index (χ3n) is 3.22. The number of aryl methyl sites for hydroxylation is 2. The number of aromatic nitrogens is 2. The maximum atomic E-state index is 11.8. The zero-order chi connectivity index (χ0) is 16.0. The van der Waals surface area contributed by atoms with Crippen molar-refractivity contribution in [3.8, 4) is 0 Å². The Balaban J connectivity index is 2.61. The van der Waals surface area contributed by atoms with E-state index in [1.165, 1.54) is 0 Å². The van der Waals surface area contributed by atoms with Gasteiger partial charge in [-0.15, -0.1) is 0 Å². The minimum Gasteiger partial charge on any atom is -0.481 e. The van der Waals surface area contributed by atoms with Gasteiger partial charge in [-0.1, -0.05) is 6.92 Å². The molecule has 0 aromatic carbocycles. The van der Waals surface area contributed by atoms with Crippen LogP contribution in [0.2, 0.25) is 0 Å². The number of aromatic amines is 1. The van der Waals surface area contributed by atoms with Crippen LogP contribution in [-0.2, 0) is 16.0 Å². The Bertz CT molecular complexity index is 580. The summed E-state index contributed by atoms with van der Waals surface area (Å²) in [5.41, 5.74) is 0.869. The molecule has 0 saturated carbocycles. The highest BCUT2D eigenvalue weighted by atomic mass is 16.4. The molecule has 1 heterocycles. The standard InChI is InChI=1S/C14H21N3O4/c1-4-10(7-13(19)20)17-12(18)6-5-11-8(2)15-9(3)16-14(11)21/h10H,4-7H2,1-3H3,(H,17,18)(H,19,20)(H,15,16,21). The molecule has 7 heteroatoms. The van der Waals surface area contributed by atoms with Crippen molar-refractivity contribution >= 4 is 11.9 Å². The number of amides is 1. The summed E-state index contributed by atoms with van der Waals surface area (Å²) in [6.07, 6.45) is 0.853. The van der Waals surface area contributed by atoms with Crippen LogP contribution in [0.3, 0.4) is 0 Å². The highest BCUT2D eigenvalue weighted by Gasteiger charge is 2.15. The van der Waals surface area contributed by atoms with Crippen LogP contribution >= 0.6 is 0 Å². The molecular weight excluding hydrogens is 274 g/mol. The Kier molecular flexibility index (Phi) is 6.08. The molecule has 1 atom stereocenters. The minimum absolute atomic E-state index is 0.103. The predicted octanol–water partition coefficient (Wildman–Crippen LogP) is 0.689.